The zero-order chi connectivity index (χ0) is 24.2. The number of carbonyl (C=O) groups excluding carboxylic acids is 3. The minimum atomic E-state index is -4.04. The average molecular weight is 468 g/mol. The van der Waals surface area contributed by atoms with E-state index in [0.29, 0.717) is 5.75 Å². The largest absolute Gasteiger partial charge is 0.495 e. The number of nitrogens with two attached hydrogens (primary N) is 2. The molecule has 6 N–H and O–H groups in total. The fourth-order valence-electron chi connectivity index (χ4n) is 2.92. The molecule has 0 aliphatic heterocycles. The number of benzene rings is 3. The molecule has 11 heteroatoms. The van der Waals surface area contributed by atoms with Gasteiger partial charge in [-0.15, -0.1) is 0 Å². The zero-order valence-corrected chi connectivity index (χ0v) is 18.2. The maximum Gasteiger partial charge on any atom is 0.262 e. The van der Waals surface area contributed by atoms with Crippen LogP contribution >= 0.6 is 0 Å². The van der Waals surface area contributed by atoms with Crippen LogP contribution in [0.3, 0.4) is 0 Å². The van der Waals surface area contributed by atoms with Crippen LogP contribution in [0.5, 0.6) is 5.75 Å². The Morgan fingerprint density at radius 1 is 0.818 bits per heavy atom. The highest BCUT2D eigenvalue weighted by Gasteiger charge is 2.19. The molecule has 3 aromatic rings. The molecule has 170 valence electrons. The summed E-state index contributed by atoms with van der Waals surface area (Å²) in [5.74, 6) is -1.98. The first-order valence-corrected chi connectivity index (χ1v) is 10.9. The molecule has 3 amide bonds. The molecule has 3 aromatic carbocycles. The Morgan fingerprint density at radius 2 is 1.45 bits per heavy atom. The van der Waals surface area contributed by atoms with Crippen molar-refractivity contribution in [1.82, 2.24) is 0 Å². The van der Waals surface area contributed by atoms with Crippen molar-refractivity contribution in [2.45, 2.75) is 4.90 Å². The van der Waals surface area contributed by atoms with Crippen molar-refractivity contribution >= 4 is 39.1 Å². The molecule has 0 spiro atoms. The Hall–Kier alpha value is -4.38. The molecule has 33 heavy (non-hydrogen) atoms. The van der Waals surface area contributed by atoms with Gasteiger partial charge in [-0.25, -0.2) is 8.42 Å². The van der Waals surface area contributed by atoms with Crippen molar-refractivity contribution in [3.8, 4) is 5.75 Å². The highest BCUT2D eigenvalue weighted by atomic mass is 32.2. The van der Waals surface area contributed by atoms with Crippen molar-refractivity contribution in [3.05, 3.63) is 83.4 Å². The van der Waals surface area contributed by atoms with Crippen LogP contribution in [0, 0.1) is 0 Å². The lowest BCUT2D eigenvalue weighted by Gasteiger charge is -2.12. The van der Waals surface area contributed by atoms with Crippen molar-refractivity contribution in [1.29, 1.82) is 0 Å². The number of nitrogens with one attached hydrogen (secondary N) is 2. The number of primary amides is 2. The molecule has 0 atom stereocenters. The van der Waals surface area contributed by atoms with Crippen LogP contribution in [0.4, 0.5) is 11.4 Å². The van der Waals surface area contributed by atoms with E-state index < -0.39 is 27.7 Å². The fraction of sp³-hybridized carbons (Fsp3) is 0.0455. The third-order valence-corrected chi connectivity index (χ3v) is 5.88. The Kier molecular flexibility index (Phi) is 6.64. The van der Waals surface area contributed by atoms with Gasteiger partial charge in [-0.1, -0.05) is 18.2 Å². The number of hydrogen-bond donors (Lipinski definition) is 4. The lowest BCUT2D eigenvalue weighted by Crippen LogP contribution is -2.18. The van der Waals surface area contributed by atoms with Crippen LogP contribution in [-0.4, -0.2) is 33.2 Å². The van der Waals surface area contributed by atoms with E-state index in [4.69, 9.17) is 16.2 Å². The van der Waals surface area contributed by atoms with Gasteiger partial charge >= 0.3 is 0 Å². The fourth-order valence-corrected chi connectivity index (χ4v) is 4.04. The van der Waals surface area contributed by atoms with Crippen molar-refractivity contribution in [2.24, 2.45) is 11.5 Å². The molecule has 0 fully saturated rings. The number of rotatable bonds is 8. The van der Waals surface area contributed by atoms with Crippen LogP contribution in [0.2, 0.25) is 0 Å². The monoisotopic (exact) mass is 468 g/mol. The summed E-state index contributed by atoms with van der Waals surface area (Å²) in [6.45, 7) is 0. The number of amides is 3. The summed E-state index contributed by atoms with van der Waals surface area (Å²) < 4.78 is 33.3. The van der Waals surface area contributed by atoms with E-state index in [-0.39, 0.29) is 33.0 Å². The molecule has 3 rings (SSSR count). The predicted octanol–water partition coefficient (Wildman–Crippen LogP) is 1.95. The molecule has 10 nitrogen and oxygen atoms in total. The molecule has 0 bridgehead atoms. The third-order valence-electron chi connectivity index (χ3n) is 4.52. The first-order valence-electron chi connectivity index (χ1n) is 9.42. The number of methoxy groups -OCH3 is 1. The summed E-state index contributed by atoms with van der Waals surface area (Å²) in [7, 11) is -2.63. The highest BCUT2D eigenvalue weighted by Crippen LogP contribution is 2.26. The Morgan fingerprint density at radius 3 is 2.06 bits per heavy atom. The topological polar surface area (TPSA) is 171 Å². The minimum Gasteiger partial charge on any atom is -0.495 e. The smallest absolute Gasteiger partial charge is 0.262 e. The van der Waals surface area contributed by atoms with Gasteiger partial charge in [-0.3, -0.25) is 19.1 Å². The molecular weight excluding hydrogens is 448 g/mol. The normalized spacial score (nSPS) is 10.8. The molecule has 0 unspecified atom stereocenters. The van der Waals surface area contributed by atoms with Gasteiger partial charge in [0.2, 0.25) is 11.8 Å². The molecule has 0 aromatic heterocycles. The highest BCUT2D eigenvalue weighted by molar-refractivity contribution is 7.92. The minimum absolute atomic E-state index is 0.0167. The van der Waals surface area contributed by atoms with E-state index in [1.54, 1.807) is 18.2 Å². The molecule has 0 heterocycles. The lowest BCUT2D eigenvalue weighted by molar-refractivity contribution is 0.0994. The van der Waals surface area contributed by atoms with Gasteiger partial charge < -0.3 is 21.5 Å². The molecular formula is C22H20N4O6S. The maximum atomic E-state index is 12.8. The lowest BCUT2D eigenvalue weighted by atomic mass is 10.1. The first kappa shape index (κ1) is 23.3. The number of sulfonamides is 1. The molecule has 0 aliphatic carbocycles. The van der Waals surface area contributed by atoms with Gasteiger partial charge in [0, 0.05) is 22.4 Å². The summed E-state index contributed by atoms with van der Waals surface area (Å²) in [6.07, 6.45) is 0. The van der Waals surface area contributed by atoms with Crippen LogP contribution < -0.4 is 26.2 Å². The molecule has 0 saturated carbocycles. The van der Waals surface area contributed by atoms with Gasteiger partial charge in [0.1, 0.15) is 5.75 Å². The molecule has 0 radical (unpaired) electrons. The van der Waals surface area contributed by atoms with Gasteiger partial charge in [-0.05, 0) is 48.5 Å². The SMILES string of the molecule is COc1ccccc1NS(=O)(=O)c1cccc(C(=O)Nc2cc(C(N)=O)cc(C(N)=O)c2)c1. The van der Waals surface area contributed by atoms with E-state index in [1.807, 2.05) is 0 Å². The molecule has 0 aliphatic rings. The van der Waals surface area contributed by atoms with Crippen LogP contribution in [0.25, 0.3) is 0 Å². The van der Waals surface area contributed by atoms with E-state index in [2.05, 4.69) is 10.0 Å². The number of anilines is 2. The van der Waals surface area contributed by atoms with E-state index in [9.17, 15) is 22.8 Å². The average Bonchev–Trinajstić information content (AvgIpc) is 2.79. The van der Waals surface area contributed by atoms with Gasteiger partial charge in [0.25, 0.3) is 15.9 Å². The van der Waals surface area contributed by atoms with Gasteiger partial charge in [-0.2, -0.15) is 0 Å². The summed E-state index contributed by atoms with van der Waals surface area (Å²) in [5, 5.41) is 2.51. The van der Waals surface area contributed by atoms with Crippen molar-refractivity contribution in [2.75, 3.05) is 17.1 Å². The van der Waals surface area contributed by atoms with Gasteiger partial charge in [0.15, 0.2) is 0 Å². The summed E-state index contributed by atoms with van der Waals surface area (Å²) in [5.41, 5.74) is 10.8. The first-order chi connectivity index (χ1) is 15.6. The maximum absolute atomic E-state index is 12.8. The third kappa shape index (κ3) is 5.46. The summed E-state index contributed by atoms with van der Waals surface area (Å²) in [6, 6.07) is 15.5. The van der Waals surface area contributed by atoms with Crippen LogP contribution in [0.15, 0.2) is 71.6 Å². The molecule has 0 saturated heterocycles. The Bertz CT molecular complexity index is 1320. The number of para-hydroxylation sites is 2. The standard InChI is InChI=1S/C22H20N4O6S/c1-32-19-8-3-2-7-18(19)26-33(30,31)17-6-4-5-13(12-17)22(29)25-16-10-14(20(23)27)9-15(11-16)21(24)28/h2-12,26H,1H3,(H2,23,27)(H2,24,28)(H,25,29). The quantitative estimate of drug-likeness (QED) is 0.393. The Balaban J connectivity index is 1.88. The predicted molar refractivity (Wildman–Crippen MR) is 122 cm³/mol. The van der Waals surface area contributed by atoms with Crippen molar-refractivity contribution in [3.63, 3.8) is 0 Å². The second-order valence-corrected chi connectivity index (χ2v) is 8.50. The van der Waals surface area contributed by atoms with E-state index in [0.717, 1.165) is 0 Å². The second kappa shape index (κ2) is 9.40. The Labute approximate surface area is 189 Å². The van der Waals surface area contributed by atoms with Crippen LogP contribution in [-0.2, 0) is 10.0 Å². The van der Waals surface area contributed by atoms with Gasteiger partial charge in [0.05, 0.1) is 17.7 Å². The second-order valence-electron chi connectivity index (χ2n) is 6.82. The van der Waals surface area contributed by atoms with Crippen LogP contribution in [0.1, 0.15) is 31.1 Å². The van der Waals surface area contributed by atoms with E-state index >= 15 is 0 Å². The van der Waals surface area contributed by atoms with E-state index in [1.165, 1.54) is 55.6 Å². The number of carbonyl (C=O) groups is 3. The number of hydrogen-bond acceptors (Lipinski definition) is 6. The summed E-state index contributed by atoms with van der Waals surface area (Å²) in [4.78, 5) is 35.6. The number of ether oxygens (including phenoxy) is 1. The van der Waals surface area contributed by atoms with Crippen molar-refractivity contribution < 1.29 is 27.5 Å². The zero-order valence-electron chi connectivity index (χ0n) is 17.4. The summed E-state index contributed by atoms with van der Waals surface area (Å²) >= 11 is 0.